The second kappa shape index (κ2) is 7.51. The normalized spacial score (nSPS) is 11.7. The van der Waals surface area contributed by atoms with Crippen LogP contribution in [0, 0.1) is 10.1 Å². The van der Waals surface area contributed by atoms with E-state index in [0.29, 0.717) is 18.2 Å². The first-order valence-corrected chi connectivity index (χ1v) is 7.23. The van der Waals surface area contributed by atoms with E-state index >= 15 is 0 Å². The number of nitrogens with one attached hydrogen (secondary N) is 2. The van der Waals surface area contributed by atoms with Gasteiger partial charge in [-0.15, -0.1) is 0 Å². The zero-order chi connectivity index (χ0) is 15.9. The smallest absolute Gasteiger partial charge is 0.306 e. The maximum Gasteiger partial charge on any atom is 0.306 e. The van der Waals surface area contributed by atoms with Crippen LogP contribution >= 0.6 is 12.2 Å². The third-order valence-corrected chi connectivity index (χ3v) is 3.37. The fraction of sp³-hybridized carbons (Fsp3) is 0.286. The SMILES string of the molecule is C[C@H](NC(=S)NCCn1cc([N+](=O)[O-])cn1)c1ccccc1. The summed E-state index contributed by atoms with van der Waals surface area (Å²) in [5.74, 6) is 0. The summed E-state index contributed by atoms with van der Waals surface area (Å²) in [7, 11) is 0. The molecule has 2 rings (SSSR count). The van der Waals surface area contributed by atoms with Gasteiger partial charge in [0, 0.05) is 6.54 Å². The number of benzene rings is 1. The van der Waals surface area contributed by atoms with Crippen LogP contribution in [0.3, 0.4) is 0 Å². The molecule has 116 valence electrons. The molecular formula is C14H17N5O2S. The molecule has 22 heavy (non-hydrogen) atoms. The van der Waals surface area contributed by atoms with Crippen molar-refractivity contribution in [2.24, 2.45) is 0 Å². The molecule has 2 N–H and O–H groups in total. The molecule has 1 atom stereocenters. The fourth-order valence-electron chi connectivity index (χ4n) is 1.93. The van der Waals surface area contributed by atoms with Crippen LogP contribution in [0.4, 0.5) is 5.69 Å². The Morgan fingerprint density at radius 1 is 1.45 bits per heavy atom. The standard InChI is InChI=1S/C14H17N5O2S/c1-11(12-5-3-2-4-6-12)17-14(22)15-7-8-18-10-13(9-16-18)19(20)21/h2-6,9-11H,7-8H2,1H3,(H2,15,17,22)/t11-/m0/s1. The average Bonchev–Trinajstić information content (AvgIpc) is 2.97. The molecule has 0 radical (unpaired) electrons. The maximum absolute atomic E-state index is 10.6. The van der Waals surface area contributed by atoms with E-state index in [1.165, 1.54) is 17.1 Å². The van der Waals surface area contributed by atoms with Crippen LogP contribution < -0.4 is 10.6 Å². The highest BCUT2D eigenvalue weighted by molar-refractivity contribution is 7.80. The van der Waals surface area contributed by atoms with Crippen LogP contribution in [0.5, 0.6) is 0 Å². The second-order valence-corrected chi connectivity index (χ2v) is 5.16. The Balaban J connectivity index is 1.74. The van der Waals surface area contributed by atoms with Gasteiger partial charge in [-0.25, -0.2) is 0 Å². The summed E-state index contributed by atoms with van der Waals surface area (Å²) in [5, 5.41) is 21.3. The molecule has 1 heterocycles. The fourth-order valence-corrected chi connectivity index (χ4v) is 2.20. The number of nitro groups is 1. The first kappa shape index (κ1) is 15.9. The van der Waals surface area contributed by atoms with Gasteiger partial charge in [-0.3, -0.25) is 14.8 Å². The molecule has 8 heteroatoms. The Morgan fingerprint density at radius 2 is 2.18 bits per heavy atom. The van der Waals surface area contributed by atoms with Crippen LogP contribution in [-0.4, -0.2) is 26.4 Å². The summed E-state index contributed by atoms with van der Waals surface area (Å²) >= 11 is 5.23. The number of thiocarbonyl (C=S) groups is 1. The van der Waals surface area contributed by atoms with E-state index in [4.69, 9.17) is 12.2 Å². The summed E-state index contributed by atoms with van der Waals surface area (Å²) in [6.45, 7) is 3.06. The van der Waals surface area contributed by atoms with Crippen molar-refractivity contribution >= 4 is 23.0 Å². The molecule has 0 aliphatic rings. The lowest BCUT2D eigenvalue weighted by atomic mass is 10.1. The van der Waals surface area contributed by atoms with Crippen molar-refractivity contribution in [1.29, 1.82) is 0 Å². The van der Waals surface area contributed by atoms with Gasteiger partial charge in [-0.1, -0.05) is 30.3 Å². The van der Waals surface area contributed by atoms with Gasteiger partial charge in [0.05, 0.1) is 17.5 Å². The Bertz CT molecular complexity index is 644. The Hall–Kier alpha value is -2.48. The van der Waals surface area contributed by atoms with Crippen LogP contribution in [0.1, 0.15) is 18.5 Å². The Morgan fingerprint density at radius 3 is 2.82 bits per heavy atom. The van der Waals surface area contributed by atoms with Gasteiger partial charge >= 0.3 is 5.69 Å². The Kier molecular flexibility index (Phi) is 5.42. The number of rotatable bonds is 6. The molecular weight excluding hydrogens is 302 g/mol. The summed E-state index contributed by atoms with van der Waals surface area (Å²) in [6, 6.07) is 10.1. The topological polar surface area (TPSA) is 85.0 Å². The summed E-state index contributed by atoms with van der Waals surface area (Å²) in [6.07, 6.45) is 2.62. The third-order valence-electron chi connectivity index (χ3n) is 3.10. The van der Waals surface area contributed by atoms with E-state index in [0.717, 1.165) is 5.56 Å². The lowest BCUT2D eigenvalue weighted by Gasteiger charge is -2.17. The molecule has 7 nitrogen and oxygen atoms in total. The van der Waals surface area contributed by atoms with E-state index in [1.54, 1.807) is 0 Å². The van der Waals surface area contributed by atoms with E-state index in [1.807, 2.05) is 37.3 Å². The van der Waals surface area contributed by atoms with Gasteiger partial charge in [0.25, 0.3) is 0 Å². The largest absolute Gasteiger partial charge is 0.361 e. The highest BCUT2D eigenvalue weighted by atomic mass is 32.1. The van der Waals surface area contributed by atoms with Gasteiger partial charge in [0.15, 0.2) is 5.11 Å². The van der Waals surface area contributed by atoms with Crippen molar-refractivity contribution in [1.82, 2.24) is 20.4 Å². The quantitative estimate of drug-likeness (QED) is 0.481. The number of hydrogen-bond acceptors (Lipinski definition) is 4. The monoisotopic (exact) mass is 319 g/mol. The molecule has 0 unspecified atom stereocenters. The minimum absolute atomic E-state index is 0.0154. The molecule has 1 aromatic carbocycles. The van der Waals surface area contributed by atoms with Crippen LogP contribution in [0.15, 0.2) is 42.7 Å². The predicted molar refractivity (Wildman–Crippen MR) is 87.5 cm³/mol. The highest BCUT2D eigenvalue weighted by Gasteiger charge is 2.09. The zero-order valence-electron chi connectivity index (χ0n) is 12.1. The molecule has 0 amide bonds. The van der Waals surface area contributed by atoms with Crippen molar-refractivity contribution in [2.75, 3.05) is 6.54 Å². The maximum atomic E-state index is 10.6. The van der Waals surface area contributed by atoms with E-state index < -0.39 is 4.92 Å². The molecule has 0 saturated heterocycles. The average molecular weight is 319 g/mol. The van der Waals surface area contributed by atoms with E-state index in [-0.39, 0.29) is 11.7 Å². The molecule has 0 aliphatic heterocycles. The lowest BCUT2D eigenvalue weighted by Crippen LogP contribution is -2.38. The van der Waals surface area contributed by atoms with Crippen molar-refractivity contribution < 1.29 is 4.92 Å². The summed E-state index contributed by atoms with van der Waals surface area (Å²) in [5.41, 5.74) is 1.13. The molecule has 0 bridgehead atoms. The van der Waals surface area contributed by atoms with Gasteiger partial charge in [-0.05, 0) is 24.7 Å². The van der Waals surface area contributed by atoms with Gasteiger partial charge in [0.1, 0.15) is 12.4 Å². The Labute approximate surface area is 133 Å². The lowest BCUT2D eigenvalue weighted by molar-refractivity contribution is -0.385. The predicted octanol–water partition coefficient (Wildman–Crippen LogP) is 2.02. The summed E-state index contributed by atoms with van der Waals surface area (Å²) in [4.78, 5) is 10.1. The van der Waals surface area contributed by atoms with Gasteiger partial charge < -0.3 is 10.6 Å². The molecule has 0 saturated carbocycles. The van der Waals surface area contributed by atoms with E-state index in [2.05, 4.69) is 15.7 Å². The number of nitrogens with zero attached hydrogens (tertiary/aromatic N) is 3. The zero-order valence-corrected chi connectivity index (χ0v) is 12.9. The van der Waals surface area contributed by atoms with Crippen molar-refractivity contribution in [3.63, 3.8) is 0 Å². The molecule has 0 spiro atoms. The van der Waals surface area contributed by atoms with Crippen LogP contribution in [0.25, 0.3) is 0 Å². The van der Waals surface area contributed by atoms with Crippen molar-refractivity contribution in [3.8, 4) is 0 Å². The van der Waals surface area contributed by atoms with Crippen molar-refractivity contribution in [2.45, 2.75) is 19.5 Å². The van der Waals surface area contributed by atoms with Gasteiger partial charge in [0.2, 0.25) is 0 Å². The number of aromatic nitrogens is 2. The minimum Gasteiger partial charge on any atom is -0.361 e. The van der Waals surface area contributed by atoms with Gasteiger partial charge in [-0.2, -0.15) is 5.10 Å². The third kappa shape index (κ3) is 4.52. The molecule has 0 aliphatic carbocycles. The van der Waals surface area contributed by atoms with E-state index in [9.17, 15) is 10.1 Å². The highest BCUT2D eigenvalue weighted by Crippen LogP contribution is 2.10. The van der Waals surface area contributed by atoms with Crippen LogP contribution in [-0.2, 0) is 6.54 Å². The summed E-state index contributed by atoms with van der Waals surface area (Å²) < 4.78 is 1.51. The molecule has 2 aromatic rings. The number of hydrogen-bond donors (Lipinski definition) is 2. The second-order valence-electron chi connectivity index (χ2n) is 4.75. The molecule has 0 fully saturated rings. The van der Waals surface area contributed by atoms with Crippen molar-refractivity contribution in [3.05, 3.63) is 58.4 Å². The minimum atomic E-state index is -0.468. The molecule has 1 aromatic heterocycles. The van der Waals surface area contributed by atoms with Crippen LogP contribution in [0.2, 0.25) is 0 Å². The first-order valence-electron chi connectivity index (χ1n) is 6.82. The first-order chi connectivity index (χ1) is 10.6.